The van der Waals surface area contributed by atoms with Crippen LogP contribution in [-0.2, 0) is 0 Å². The van der Waals surface area contributed by atoms with E-state index in [1.807, 2.05) is 13.0 Å². The van der Waals surface area contributed by atoms with Gasteiger partial charge in [-0.15, -0.1) is 0 Å². The summed E-state index contributed by atoms with van der Waals surface area (Å²) in [4.78, 5) is 13.6. The minimum absolute atomic E-state index is 0.0492. The Hall–Kier alpha value is -2.87. The number of benzene rings is 2. The van der Waals surface area contributed by atoms with E-state index >= 15 is 0 Å². The van der Waals surface area contributed by atoms with Crippen molar-refractivity contribution in [2.75, 3.05) is 26.6 Å². The van der Waals surface area contributed by atoms with Crippen molar-refractivity contribution >= 4 is 24.0 Å². The molecule has 6 nitrogen and oxygen atoms in total. The number of hydrogen-bond donors (Lipinski definition) is 0. The van der Waals surface area contributed by atoms with Gasteiger partial charge in [-0.2, -0.15) is 3.89 Å². The van der Waals surface area contributed by atoms with Crippen LogP contribution in [-0.4, -0.2) is 44.1 Å². The molecule has 0 spiro atoms. The molecule has 5 rings (SSSR count). The quantitative estimate of drug-likeness (QED) is 0.683. The zero-order valence-electron chi connectivity index (χ0n) is 17.3. The second-order valence-electron chi connectivity index (χ2n) is 7.91. The van der Waals surface area contributed by atoms with E-state index in [9.17, 15) is 8.68 Å². The molecule has 0 radical (unpaired) electrons. The van der Waals surface area contributed by atoms with Crippen LogP contribution in [0.2, 0.25) is 0 Å². The molecule has 2 aromatic rings. The van der Waals surface area contributed by atoms with Crippen LogP contribution >= 0.6 is 12.1 Å². The van der Waals surface area contributed by atoms with Gasteiger partial charge in [-0.25, -0.2) is 0 Å². The second-order valence-corrected chi connectivity index (χ2v) is 8.42. The standard InChI is InChI=1S/C23H21FO6S/c1-23(11-31-24)7-6-12-15(30-23)5-4-13-21(25)20-14-8-17(26-2)18(27-3)9-16(14)28-10-19(20)29-22(12)13/h4-9,19-20H,10-11H2,1-3H3/t19-,20+,23?/m1/s1. The number of fused-ring (bicyclic) bond motifs is 6. The third-order valence-corrected chi connectivity index (χ3v) is 6.57. The van der Waals surface area contributed by atoms with Crippen LogP contribution in [0.1, 0.15) is 34.3 Å². The molecule has 3 aliphatic heterocycles. The van der Waals surface area contributed by atoms with Crippen molar-refractivity contribution in [3.05, 3.63) is 47.0 Å². The van der Waals surface area contributed by atoms with E-state index in [-0.39, 0.29) is 30.3 Å². The van der Waals surface area contributed by atoms with Crippen LogP contribution in [0.4, 0.5) is 3.89 Å². The number of rotatable bonds is 4. The first kappa shape index (κ1) is 20.1. The number of ketones is 1. The number of carbonyl (C=O) groups excluding carboxylic acids is 1. The lowest BCUT2D eigenvalue weighted by Crippen LogP contribution is -2.43. The first-order chi connectivity index (χ1) is 15.0. The molecular weight excluding hydrogens is 423 g/mol. The van der Waals surface area contributed by atoms with Crippen molar-refractivity contribution in [3.63, 3.8) is 0 Å². The Balaban J connectivity index is 1.56. The van der Waals surface area contributed by atoms with Gasteiger partial charge in [0.1, 0.15) is 35.6 Å². The summed E-state index contributed by atoms with van der Waals surface area (Å²) >= 11 is 0.227. The minimum atomic E-state index is -0.760. The third kappa shape index (κ3) is 3.12. The lowest BCUT2D eigenvalue weighted by atomic mass is 9.81. The van der Waals surface area contributed by atoms with Crippen LogP contribution in [0.25, 0.3) is 6.08 Å². The fourth-order valence-electron chi connectivity index (χ4n) is 4.32. The highest BCUT2D eigenvalue weighted by Gasteiger charge is 2.45. The van der Waals surface area contributed by atoms with Gasteiger partial charge in [-0.1, -0.05) is 0 Å². The maximum Gasteiger partial charge on any atom is 0.178 e. The number of Topliss-reactive ketones (excluding diaryl/α,β-unsaturated/α-hetero) is 1. The Morgan fingerprint density at radius 3 is 2.71 bits per heavy atom. The normalized spacial score (nSPS) is 25.1. The van der Waals surface area contributed by atoms with Crippen molar-refractivity contribution < 1.29 is 32.4 Å². The van der Waals surface area contributed by atoms with Crippen LogP contribution in [0.15, 0.2) is 30.3 Å². The Morgan fingerprint density at radius 1 is 1.19 bits per heavy atom. The molecule has 0 saturated carbocycles. The SMILES string of the molecule is COc1cc2c(cc1OC)[C@@H]1C(=O)c3ccc4c(c3O[C@@H]1CO2)C=CC(C)(CSF)O4. The highest BCUT2D eigenvalue weighted by molar-refractivity contribution is 7.94. The third-order valence-electron chi connectivity index (χ3n) is 5.89. The van der Waals surface area contributed by atoms with Crippen molar-refractivity contribution in [1.82, 2.24) is 0 Å². The summed E-state index contributed by atoms with van der Waals surface area (Å²) < 4.78 is 41.8. The minimum Gasteiger partial charge on any atom is -0.493 e. The Morgan fingerprint density at radius 2 is 1.97 bits per heavy atom. The molecule has 0 fully saturated rings. The Bertz CT molecular complexity index is 1100. The Kier molecular flexibility index (Phi) is 4.77. The van der Waals surface area contributed by atoms with Gasteiger partial charge in [0.05, 0.1) is 37.0 Å². The van der Waals surface area contributed by atoms with Gasteiger partial charge in [0.2, 0.25) is 0 Å². The van der Waals surface area contributed by atoms with E-state index in [4.69, 9.17) is 23.7 Å². The van der Waals surface area contributed by atoms with Crippen molar-refractivity contribution in [2.24, 2.45) is 0 Å². The van der Waals surface area contributed by atoms with Gasteiger partial charge in [0.25, 0.3) is 0 Å². The number of ether oxygens (including phenoxy) is 5. The zero-order chi connectivity index (χ0) is 21.8. The number of hydrogen-bond acceptors (Lipinski definition) is 7. The second kappa shape index (κ2) is 7.37. The van der Waals surface area contributed by atoms with Gasteiger partial charge in [0, 0.05) is 23.8 Å². The molecule has 0 saturated heterocycles. The molecule has 3 heterocycles. The predicted molar refractivity (Wildman–Crippen MR) is 115 cm³/mol. The van der Waals surface area contributed by atoms with Crippen molar-refractivity contribution in [2.45, 2.75) is 24.5 Å². The summed E-state index contributed by atoms with van der Waals surface area (Å²) in [5, 5.41) is 0. The summed E-state index contributed by atoms with van der Waals surface area (Å²) in [5.74, 6) is 2.28. The maximum absolute atomic E-state index is 13.6. The smallest absolute Gasteiger partial charge is 0.178 e. The molecule has 31 heavy (non-hydrogen) atoms. The molecule has 2 aromatic carbocycles. The number of carbonyl (C=O) groups is 1. The van der Waals surface area contributed by atoms with Gasteiger partial charge in [0.15, 0.2) is 17.3 Å². The van der Waals surface area contributed by atoms with Gasteiger partial charge >= 0.3 is 0 Å². The summed E-state index contributed by atoms with van der Waals surface area (Å²) in [5.41, 5.74) is 1.12. The molecule has 0 bridgehead atoms. The molecule has 0 aliphatic carbocycles. The largest absolute Gasteiger partial charge is 0.493 e. The average Bonchev–Trinajstić information content (AvgIpc) is 2.77. The van der Waals surface area contributed by atoms with Crippen LogP contribution in [0.3, 0.4) is 0 Å². The fraction of sp³-hybridized carbons (Fsp3) is 0.348. The topological polar surface area (TPSA) is 63.2 Å². The van der Waals surface area contributed by atoms with Crippen molar-refractivity contribution in [3.8, 4) is 28.7 Å². The fourth-order valence-corrected chi connectivity index (χ4v) is 4.70. The molecule has 3 aliphatic rings. The first-order valence-electron chi connectivity index (χ1n) is 9.86. The first-order valence-corrected chi connectivity index (χ1v) is 10.7. The van der Waals surface area contributed by atoms with Gasteiger partial charge in [-0.3, -0.25) is 4.79 Å². The molecule has 162 valence electrons. The highest BCUT2D eigenvalue weighted by atomic mass is 32.2. The number of methoxy groups -OCH3 is 2. The average molecular weight is 444 g/mol. The predicted octanol–water partition coefficient (Wildman–Crippen LogP) is 4.61. The van der Waals surface area contributed by atoms with Crippen LogP contribution < -0.4 is 23.7 Å². The zero-order valence-corrected chi connectivity index (χ0v) is 18.1. The Labute approximate surface area is 183 Å². The van der Waals surface area contributed by atoms with E-state index in [0.717, 1.165) is 0 Å². The summed E-state index contributed by atoms with van der Waals surface area (Å²) in [7, 11) is 3.10. The molecule has 8 heteroatoms. The van der Waals surface area contributed by atoms with Gasteiger partial charge < -0.3 is 23.7 Å². The van der Waals surface area contributed by atoms with Crippen molar-refractivity contribution in [1.29, 1.82) is 0 Å². The van der Waals surface area contributed by atoms with Gasteiger partial charge in [-0.05, 0) is 37.3 Å². The van der Waals surface area contributed by atoms with Crippen LogP contribution in [0.5, 0.6) is 28.7 Å². The lowest BCUT2D eigenvalue weighted by molar-refractivity contribution is 0.0553. The van der Waals surface area contributed by atoms with E-state index < -0.39 is 17.6 Å². The molecule has 0 amide bonds. The molecule has 3 atom stereocenters. The maximum atomic E-state index is 13.6. The summed E-state index contributed by atoms with van der Waals surface area (Å²) in [6, 6.07) is 6.97. The summed E-state index contributed by atoms with van der Waals surface area (Å²) in [6.07, 6.45) is 3.15. The lowest BCUT2D eigenvalue weighted by Gasteiger charge is -2.39. The van der Waals surface area contributed by atoms with E-state index in [0.29, 0.717) is 45.4 Å². The van der Waals surface area contributed by atoms with E-state index in [1.54, 1.807) is 44.6 Å². The van der Waals surface area contributed by atoms with Crippen LogP contribution in [0, 0.1) is 0 Å². The number of halogens is 1. The van der Waals surface area contributed by atoms with E-state index in [1.165, 1.54) is 0 Å². The molecule has 1 unspecified atom stereocenters. The molecular formula is C23H21FO6S. The highest BCUT2D eigenvalue weighted by Crippen LogP contribution is 2.49. The van der Waals surface area contributed by atoms with E-state index in [2.05, 4.69) is 0 Å². The molecule has 0 N–H and O–H groups in total. The monoisotopic (exact) mass is 444 g/mol. The summed E-state index contributed by atoms with van der Waals surface area (Å²) in [6.45, 7) is 2.04. The molecule has 0 aromatic heterocycles.